The van der Waals surface area contributed by atoms with Crippen LogP contribution in [-0.4, -0.2) is 29.8 Å². The van der Waals surface area contributed by atoms with E-state index in [0.717, 1.165) is 11.1 Å². The van der Waals surface area contributed by atoms with Gasteiger partial charge in [-0.2, -0.15) is 0 Å². The van der Waals surface area contributed by atoms with Gasteiger partial charge in [0, 0.05) is 13.5 Å². The van der Waals surface area contributed by atoms with Gasteiger partial charge in [-0.05, 0) is 25.0 Å². The molecule has 2 rings (SSSR count). The Morgan fingerprint density at radius 1 is 1.47 bits per heavy atom. The fourth-order valence-electron chi connectivity index (χ4n) is 2.43. The third-order valence-electron chi connectivity index (χ3n) is 3.66. The fourth-order valence-corrected chi connectivity index (χ4v) is 2.43. The standard InChI is InChI=1S/C15H21NO3/c1-15(2,19-3)9-13(18)16-14-11-7-5-4-6-10(11)8-12(14)17/h4-7,12,14,17H,8-9H2,1-3H3,(H,16,18)/t12-,14+/m0/s1. The van der Waals surface area contributed by atoms with Crippen molar-refractivity contribution >= 4 is 5.91 Å². The Bertz CT molecular complexity index is 470. The van der Waals surface area contributed by atoms with Crippen molar-refractivity contribution in [1.82, 2.24) is 5.32 Å². The minimum atomic E-state index is -0.549. The van der Waals surface area contributed by atoms with E-state index in [1.165, 1.54) is 0 Å². The molecule has 0 bridgehead atoms. The summed E-state index contributed by atoms with van der Waals surface area (Å²) in [4.78, 5) is 12.0. The summed E-state index contributed by atoms with van der Waals surface area (Å²) in [5, 5.41) is 13.0. The van der Waals surface area contributed by atoms with E-state index in [1.807, 2.05) is 38.1 Å². The Hall–Kier alpha value is -1.39. The second-order valence-electron chi connectivity index (χ2n) is 5.66. The Morgan fingerprint density at radius 2 is 2.16 bits per heavy atom. The van der Waals surface area contributed by atoms with Crippen molar-refractivity contribution in [3.63, 3.8) is 0 Å². The number of aliphatic hydroxyl groups is 1. The number of ether oxygens (including phenoxy) is 1. The summed E-state index contributed by atoms with van der Waals surface area (Å²) >= 11 is 0. The highest BCUT2D eigenvalue weighted by Gasteiger charge is 2.33. The maximum atomic E-state index is 12.0. The van der Waals surface area contributed by atoms with Gasteiger partial charge in [-0.1, -0.05) is 24.3 Å². The second kappa shape index (κ2) is 5.31. The number of carbonyl (C=O) groups excluding carboxylic acids is 1. The number of fused-ring (bicyclic) bond motifs is 1. The topological polar surface area (TPSA) is 58.6 Å². The molecule has 0 heterocycles. The Kier molecular flexibility index (Phi) is 3.92. The molecule has 104 valence electrons. The average Bonchev–Trinajstić information content (AvgIpc) is 2.66. The highest BCUT2D eigenvalue weighted by Crippen LogP contribution is 2.31. The molecular formula is C15H21NO3. The molecule has 4 nitrogen and oxygen atoms in total. The first kappa shape index (κ1) is 14.0. The SMILES string of the molecule is COC(C)(C)CC(=O)N[C@@H]1c2ccccc2C[C@@H]1O. The van der Waals surface area contributed by atoms with E-state index in [0.29, 0.717) is 6.42 Å². The van der Waals surface area contributed by atoms with Gasteiger partial charge in [-0.15, -0.1) is 0 Å². The highest BCUT2D eigenvalue weighted by molar-refractivity contribution is 5.77. The van der Waals surface area contributed by atoms with E-state index in [9.17, 15) is 9.90 Å². The zero-order valence-corrected chi connectivity index (χ0v) is 11.6. The molecule has 1 aromatic carbocycles. The molecule has 0 fully saturated rings. The molecular weight excluding hydrogens is 242 g/mol. The van der Waals surface area contributed by atoms with E-state index < -0.39 is 11.7 Å². The quantitative estimate of drug-likeness (QED) is 0.867. The van der Waals surface area contributed by atoms with Crippen LogP contribution in [0, 0.1) is 0 Å². The molecule has 0 aliphatic heterocycles. The summed E-state index contributed by atoms with van der Waals surface area (Å²) in [5.41, 5.74) is 1.62. The van der Waals surface area contributed by atoms with Gasteiger partial charge in [-0.3, -0.25) is 4.79 Å². The first-order valence-corrected chi connectivity index (χ1v) is 6.53. The summed E-state index contributed by atoms with van der Waals surface area (Å²) in [5.74, 6) is -0.104. The second-order valence-corrected chi connectivity index (χ2v) is 5.66. The number of methoxy groups -OCH3 is 1. The molecule has 1 aliphatic rings. The predicted octanol–water partition coefficient (Wildman–Crippen LogP) is 1.58. The van der Waals surface area contributed by atoms with Crippen LogP contribution in [0.1, 0.15) is 37.4 Å². The molecule has 2 atom stereocenters. The van der Waals surface area contributed by atoms with Crippen LogP contribution in [-0.2, 0) is 16.0 Å². The van der Waals surface area contributed by atoms with Gasteiger partial charge in [0.15, 0.2) is 0 Å². The van der Waals surface area contributed by atoms with Crippen molar-refractivity contribution in [3.05, 3.63) is 35.4 Å². The minimum Gasteiger partial charge on any atom is -0.390 e. The Morgan fingerprint density at radius 3 is 2.84 bits per heavy atom. The average molecular weight is 263 g/mol. The monoisotopic (exact) mass is 263 g/mol. The number of hydrogen-bond donors (Lipinski definition) is 2. The molecule has 1 amide bonds. The van der Waals surface area contributed by atoms with Gasteiger partial charge in [-0.25, -0.2) is 0 Å². The number of rotatable bonds is 4. The van der Waals surface area contributed by atoms with Gasteiger partial charge in [0.25, 0.3) is 0 Å². The van der Waals surface area contributed by atoms with Crippen molar-refractivity contribution in [2.24, 2.45) is 0 Å². The van der Waals surface area contributed by atoms with Gasteiger partial charge in [0.2, 0.25) is 5.91 Å². The van der Waals surface area contributed by atoms with Gasteiger partial charge >= 0.3 is 0 Å². The largest absolute Gasteiger partial charge is 0.390 e. The zero-order valence-electron chi connectivity index (χ0n) is 11.6. The fraction of sp³-hybridized carbons (Fsp3) is 0.533. The van der Waals surface area contributed by atoms with E-state index in [2.05, 4.69) is 5.32 Å². The van der Waals surface area contributed by atoms with Crippen LogP contribution in [0.4, 0.5) is 0 Å². The number of nitrogens with one attached hydrogen (secondary N) is 1. The molecule has 2 N–H and O–H groups in total. The molecule has 0 aromatic heterocycles. The summed E-state index contributed by atoms with van der Waals surface area (Å²) in [6.07, 6.45) is 0.316. The number of benzene rings is 1. The number of amides is 1. The molecule has 0 spiro atoms. The van der Waals surface area contributed by atoms with Crippen molar-refractivity contribution in [1.29, 1.82) is 0 Å². The third-order valence-corrected chi connectivity index (χ3v) is 3.66. The van der Waals surface area contributed by atoms with Gasteiger partial charge in [0.1, 0.15) is 0 Å². The Balaban J connectivity index is 2.06. The van der Waals surface area contributed by atoms with Crippen molar-refractivity contribution in [2.45, 2.75) is 44.4 Å². The molecule has 19 heavy (non-hydrogen) atoms. The molecule has 0 saturated heterocycles. The molecule has 1 aromatic rings. The lowest BCUT2D eigenvalue weighted by Gasteiger charge is -2.24. The van der Waals surface area contributed by atoms with Crippen molar-refractivity contribution < 1.29 is 14.6 Å². The molecule has 1 aliphatic carbocycles. The normalized spacial score (nSPS) is 22.1. The van der Waals surface area contributed by atoms with E-state index in [-0.39, 0.29) is 18.4 Å². The van der Waals surface area contributed by atoms with Crippen LogP contribution in [0.5, 0.6) is 0 Å². The summed E-state index contributed by atoms with van der Waals surface area (Å²) in [6, 6.07) is 7.51. The van der Waals surface area contributed by atoms with Crippen LogP contribution in [0.25, 0.3) is 0 Å². The smallest absolute Gasteiger partial charge is 0.223 e. The predicted molar refractivity (Wildman–Crippen MR) is 72.7 cm³/mol. The van der Waals surface area contributed by atoms with Crippen molar-refractivity contribution in [3.8, 4) is 0 Å². The van der Waals surface area contributed by atoms with Crippen LogP contribution < -0.4 is 5.32 Å². The van der Waals surface area contributed by atoms with E-state index in [1.54, 1.807) is 7.11 Å². The lowest BCUT2D eigenvalue weighted by atomic mass is 10.0. The lowest BCUT2D eigenvalue weighted by molar-refractivity contribution is -0.127. The first-order chi connectivity index (χ1) is 8.93. The summed E-state index contributed by atoms with van der Waals surface area (Å²) in [6.45, 7) is 3.73. The minimum absolute atomic E-state index is 0.104. The molecule has 4 heteroatoms. The van der Waals surface area contributed by atoms with E-state index >= 15 is 0 Å². The lowest BCUT2D eigenvalue weighted by Crippen LogP contribution is -2.38. The number of aliphatic hydroxyl groups excluding tert-OH is 1. The molecule has 0 saturated carbocycles. The zero-order chi connectivity index (χ0) is 14.0. The Labute approximate surface area is 113 Å². The third kappa shape index (κ3) is 3.14. The number of carbonyl (C=O) groups is 1. The van der Waals surface area contributed by atoms with Crippen LogP contribution >= 0.6 is 0 Å². The summed E-state index contributed by atoms with van der Waals surface area (Å²) in [7, 11) is 1.59. The number of hydrogen-bond acceptors (Lipinski definition) is 3. The summed E-state index contributed by atoms with van der Waals surface area (Å²) < 4.78 is 5.25. The van der Waals surface area contributed by atoms with Gasteiger partial charge < -0.3 is 15.2 Å². The van der Waals surface area contributed by atoms with Gasteiger partial charge in [0.05, 0.1) is 24.2 Å². The highest BCUT2D eigenvalue weighted by atomic mass is 16.5. The van der Waals surface area contributed by atoms with Crippen molar-refractivity contribution in [2.75, 3.05) is 7.11 Å². The van der Waals surface area contributed by atoms with Crippen LogP contribution in [0.2, 0.25) is 0 Å². The van der Waals surface area contributed by atoms with Crippen LogP contribution in [0.15, 0.2) is 24.3 Å². The molecule has 0 unspecified atom stereocenters. The van der Waals surface area contributed by atoms with Crippen LogP contribution in [0.3, 0.4) is 0 Å². The van der Waals surface area contributed by atoms with E-state index in [4.69, 9.17) is 4.74 Å². The maximum Gasteiger partial charge on any atom is 0.223 e. The first-order valence-electron chi connectivity index (χ1n) is 6.53. The molecule has 0 radical (unpaired) electrons. The maximum absolute atomic E-state index is 12.0.